The molecule has 2 rings (SSSR count). The van der Waals surface area contributed by atoms with Crippen LogP contribution in [0.4, 0.5) is 11.4 Å². The lowest BCUT2D eigenvalue weighted by Gasteiger charge is -2.16. The summed E-state index contributed by atoms with van der Waals surface area (Å²) in [7, 11) is -2.48. The molecule has 0 saturated carbocycles. The highest BCUT2D eigenvalue weighted by Gasteiger charge is 2.38. The van der Waals surface area contributed by atoms with Crippen LogP contribution in [0.2, 0.25) is 0 Å². The molecular weight excluding hydrogens is 302 g/mol. The van der Waals surface area contributed by atoms with Crippen molar-refractivity contribution < 1.29 is 23.6 Å². The topological polar surface area (TPSA) is 133 Å². The quantitative estimate of drug-likeness (QED) is 0.497. The van der Waals surface area contributed by atoms with E-state index in [1.807, 2.05) is 0 Å². The zero-order valence-electron chi connectivity index (χ0n) is 11.1. The van der Waals surface area contributed by atoms with Gasteiger partial charge in [-0.1, -0.05) is 0 Å². The number of rotatable bonds is 4. The number of sulfonamides is 1. The lowest BCUT2D eigenvalue weighted by atomic mass is 10.3. The summed E-state index contributed by atoms with van der Waals surface area (Å²) in [5.41, 5.74) is -0.167. The molecule has 1 fully saturated rings. The van der Waals surface area contributed by atoms with Gasteiger partial charge in [0.05, 0.1) is 22.0 Å². The number of anilines is 1. The standard InChI is InChI=1S/C11H15N3O6S/c1-12-8-4-7(2-3-9(8)14(17)18)21(19,20)13-5-10(15)11(16)6-13/h2-4,10-12,15-16H,5-6H2,1H3. The van der Waals surface area contributed by atoms with Crippen molar-refractivity contribution in [2.45, 2.75) is 17.1 Å². The summed E-state index contributed by atoms with van der Waals surface area (Å²) in [4.78, 5) is 10.1. The van der Waals surface area contributed by atoms with Gasteiger partial charge in [0.2, 0.25) is 10.0 Å². The molecule has 1 aliphatic heterocycles. The van der Waals surface area contributed by atoms with Gasteiger partial charge < -0.3 is 15.5 Å². The normalized spacial score (nSPS) is 23.2. The van der Waals surface area contributed by atoms with E-state index in [0.29, 0.717) is 0 Å². The molecule has 0 aliphatic carbocycles. The predicted octanol–water partition coefficient (Wildman–Crippen LogP) is -0.637. The summed E-state index contributed by atoms with van der Waals surface area (Å²) in [5, 5.41) is 32.3. The van der Waals surface area contributed by atoms with E-state index in [9.17, 15) is 28.7 Å². The Kier molecular flexibility index (Phi) is 4.14. The third-order valence-electron chi connectivity index (χ3n) is 3.30. The average Bonchev–Trinajstić information content (AvgIpc) is 2.78. The van der Waals surface area contributed by atoms with E-state index in [0.717, 1.165) is 22.5 Å². The lowest BCUT2D eigenvalue weighted by molar-refractivity contribution is -0.384. The molecule has 21 heavy (non-hydrogen) atoms. The van der Waals surface area contributed by atoms with Gasteiger partial charge in [0.25, 0.3) is 5.69 Å². The molecule has 0 amide bonds. The van der Waals surface area contributed by atoms with Gasteiger partial charge in [-0.3, -0.25) is 10.1 Å². The molecule has 1 aromatic rings. The maximum Gasteiger partial charge on any atom is 0.292 e. The minimum atomic E-state index is -3.93. The van der Waals surface area contributed by atoms with Crippen molar-refractivity contribution in [3.8, 4) is 0 Å². The van der Waals surface area contributed by atoms with Crippen LogP contribution in [-0.4, -0.2) is 60.2 Å². The maximum atomic E-state index is 12.4. The third kappa shape index (κ3) is 2.83. The summed E-state index contributed by atoms with van der Waals surface area (Å²) < 4.78 is 25.7. The molecule has 1 saturated heterocycles. The van der Waals surface area contributed by atoms with Crippen LogP contribution >= 0.6 is 0 Å². The first-order chi connectivity index (χ1) is 9.77. The van der Waals surface area contributed by atoms with E-state index >= 15 is 0 Å². The molecule has 1 heterocycles. The highest BCUT2D eigenvalue weighted by Crippen LogP contribution is 2.29. The molecule has 1 aliphatic rings. The van der Waals surface area contributed by atoms with Crippen molar-refractivity contribution in [3.05, 3.63) is 28.3 Å². The number of nitro benzene ring substituents is 1. The highest BCUT2D eigenvalue weighted by atomic mass is 32.2. The Labute approximate surface area is 121 Å². The Balaban J connectivity index is 2.39. The molecule has 9 nitrogen and oxygen atoms in total. The van der Waals surface area contributed by atoms with Crippen molar-refractivity contribution in [2.75, 3.05) is 25.5 Å². The van der Waals surface area contributed by atoms with Crippen LogP contribution in [-0.2, 0) is 10.0 Å². The van der Waals surface area contributed by atoms with Gasteiger partial charge in [0.1, 0.15) is 5.69 Å². The Bertz CT molecular complexity index is 652. The van der Waals surface area contributed by atoms with Gasteiger partial charge in [-0.05, 0) is 12.1 Å². The Morgan fingerprint density at radius 3 is 2.38 bits per heavy atom. The van der Waals surface area contributed by atoms with Crippen molar-refractivity contribution in [1.29, 1.82) is 0 Å². The lowest BCUT2D eigenvalue weighted by Crippen LogP contribution is -2.30. The molecule has 0 spiro atoms. The number of aliphatic hydroxyl groups excluding tert-OH is 2. The Hall–Kier alpha value is -1.75. The van der Waals surface area contributed by atoms with Crippen molar-refractivity contribution >= 4 is 21.4 Å². The number of hydrogen-bond donors (Lipinski definition) is 3. The van der Waals surface area contributed by atoms with Crippen LogP contribution in [0.25, 0.3) is 0 Å². The van der Waals surface area contributed by atoms with E-state index in [-0.39, 0.29) is 29.4 Å². The molecule has 116 valence electrons. The van der Waals surface area contributed by atoms with Gasteiger partial charge in [0.15, 0.2) is 0 Å². The molecule has 2 atom stereocenters. The Morgan fingerprint density at radius 2 is 1.90 bits per heavy atom. The third-order valence-corrected chi connectivity index (χ3v) is 5.13. The number of nitrogens with zero attached hydrogens (tertiary/aromatic N) is 2. The van der Waals surface area contributed by atoms with Crippen molar-refractivity contribution in [2.24, 2.45) is 0 Å². The minimum absolute atomic E-state index is 0.0707. The summed E-state index contributed by atoms with van der Waals surface area (Å²) in [6, 6.07) is 3.39. The monoisotopic (exact) mass is 317 g/mol. The molecular formula is C11H15N3O6S. The second kappa shape index (κ2) is 5.56. The van der Waals surface area contributed by atoms with E-state index in [2.05, 4.69) is 5.32 Å². The van der Waals surface area contributed by atoms with Crippen LogP contribution in [0.5, 0.6) is 0 Å². The SMILES string of the molecule is CNc1cc(S(=O)(=O)N2CC(O)C(O)C2)ccc1[N+](=O)[O-]. The van der Waals surface area contributed by atoms with Crippen LogP contribution in [0.3, 0.4) is 0 Å². The predicted molar refractivity (Wildman–Crippen MR) is 73.4 cm³/mol. The fourth-order valence-corrected chi connectivity index (χ4v) is 3.62. The van der Waals surface area contributed by atoms with Gasteiger partial charge in [-0.15, -0.1) is 0 Å². The minimum Gasteiger partial charge on any atom is -0.389 e. The first-order valence-electron chi connectivity index (χ1n) is 6.10. The van der Waals surface area contributed by atoms with Crippen LogP contribution in [0, 0.1) is 10.1 Å². The summed E-state index contributed by atoms with van der Waals surface area (Å²) >= 11 is 0. The molecule has 0 radical (unpaired) electrons. The zero-order valence-corrected chi connectivity index (χ0v) is 11.9. The molecule has 10 heteroatoms. The molecule has 2 unspecified atom stereocenters. The summed E-state index contributed by atoms with van der Waals surface area (Å²) in [6.07, 6.45) is -2.27. The van der Waals surface area contributed by atoms with Crippen molar-refractivity contribution in [1.82, 2.24) is 4.31 Å². The fraction of sp³-hybridized carbons (Fsp3) is 0.455. The molecule has 3 N–H and O–H groups in total. The first kappa shape index (κ1) is 15.6. The largest absolute Gasteiger partial charge is 0.389 e. The van der Waals surface area contributed by atoms with Crippen LogP contribution in [0.15, 0.2) is 23.1 Å². The zero-order chi connectivity index (χ0) is 15.8. The van der Waals surface area contributed by atoms with E-state index < -0.39 is 27.2 Å². The van der Waals surface area contributed by atoms with E-state index in [1.165, 1.54) is 7.05 Å². The van der Waals surface area contributed by atoms with Crippen LogP contribution in [0.1, 0.15) is 0 Å². The van der Waals surface area contributed by atoms with Crippen LogP contribution < -0.4 is 5.32 Å². The maximum absolute atomic E-state index is 12.4. The number of aliphatic hydroxyl groups is 2. The number of nitro groups is 1. The summed E-state index contributed by atoms with van der Waals surface area (Å²) in [5.74, 6) is 0. The van der Waals surface area contributed by atoms with E-state index in [1.54, 1.807) is 0 Å². The summed E-state index contributed by atoms with van der Waals surface area (Å²) in [6.45, 7) is -0.426. The molecule has 0 aromatic heterocycles. The van der Waals surface area contributed by atoms with Gasteiger partial charge >= 0.3 is 0 Å². The smallest absolute Gasteiger partial charge is 0.292 e. The molecule has 0 bridgehead atoms. The van der Waals surface area contributed by atoms with Gasteiger partial charge in [0, 0.05) is 26.2 Å². The van der Waals surface area contributed by atoms with Gasteiger partial charge in [-0.2, -0.15) is 4.31 Å². The fourth-order valence-electron chi connectivity index (χ4n) is 2.12. The second-order valence-electron chi connectivity index (χ2n) is 4.64. The van der Waals surface area contributed by atoms with Crippen molar-refractivity contribution in [3.63, 3.8) is 0 Å². The Morgan fingerprint density at radius 1 is 1.33 bits per heavy atom. The number of hydrogen-bond acceptors (Lipinski definition) is 7. The molecule has 1 aromatic carbocycles. The highest BCUT2D eigenvalue weighted by molar-refractivity contribution is 7.89. The first-order valence-corrected chi connectivity index (χ1v) is 7.54. The van der Waals surface area contributed by atoms with Gasteiger partial charge in [-0.25, -0.2) is 8.42 Å². The second-order valence-corrected chi connectivity index (χ2v) is 6.58. The number of benzene rings is 1. The number of nitrogens with one attached hydrogen (secondary N) is 1. The van der Waals surface area contributed by atoms with E-state index in [4.69, 9.17) is 0 Å². The average molecular weight is 317 g/mol. The number of β-amino-alcohol motifs (C(OH)–C–C–N with tert-alkyl or cyclic N) is 2.